The lowest BCUT2D eigenvalue weighted by Crippen LogP contribution is -2.03. The van der Waals surface area contributed by atoms with Crippen LogP contribution in [0.15, 0.2) is 60.7 Å². The van der Waals surface area contributed by atoms with E-state index in [1.807, 2.05) is 66.7 Å². The summed E-state index contributed by atoms with van der Waals surface area (Å²) in [4.78, 5) is 0. The second kappa shape index (κ2) is 5.46. The second-order valence-corrected chi connectivity index (χ2v) is 4.05. The minimum Gasteiger partial charge on any atom is -0.389 e. The molecule has 0 radical (unpaired) electrons. The molecule has 2 aromatic rings. The molecule has 0 aliphatic heterocycles. The molecule has 0 aliphatic rings. The van der Waals surface area contributed by atoms with E-state index in [0.29, 0.717) is 0 Å². The van der Waals surface area contributed by atoms with Crippen LogP contribution in [-0.2, 0) is 0 Å². The number of aliphatic hydroxyl groups excluding tert-OH is 1. The molecule has 0 saturated heterocycles. The van der Waals surface area contributed by atoms with E-state index in [9.17, 15) is 5.11 Å². The third-order valence-corrected chi connectivity index (χ3v) is 2.68. The summed E-state index contributed by atoms with van der Waals surface area (Å²) in [5, 5.41) is 9.86. The van der Waals surface area contributed by atoms with Crippen LogP contribution < -0.4 is 0 Å². The molecule has 0 spiro atoms. The molecule has 1 unspecified atom stereocenters. The summed E-state index contributed by atoms with van der Waals surface area (Å²) < 4.78 is 0. The van der Waals surface area contributed by atoms with Crippen molar-refractivity contribution in [3.05, 3.63) is 71.8 Å². The van der Waals surface area contributed by atoms with Crippen molar-refractivity contribution < 1.29 is 5.11 Å². The Kier molecular flexibility index (Phi) is 3.73. The third kappa shape index (κ3) is 3.05. The van der Waals surface area contributed by atoms with Crippen LogP contribution in [-0.4, -0.2) is 11.2 Å². The fourth-order valence-corrected chi connectivity index (χ4v) is 1.80. The number of benzene rings is 2. The van der Waals surface area contributed by atoms with Gasteiger partial charge in [0.15, 0.2) is 0 Å². The summed E-state index contributed by atoms with van der Waals surface area (Å²) in [6.07, 6.45) is 1.55. The van der Waals surface area contributed by atoms with Gasteiger partial charge in [0.1, 0.15) is 0 Å². The van der Waals surface area contributed by atoms with Crippen LogP contribution in [0.4, 0.5) is 0 Å². The molecule has 1 atom stereocenters. The fourth-order valence-electron chi connectivity index (χ4n) is 1.80. The summed E-state index contributed by atoms with van der Waals surface area (Å²) in [5.41, 5.74) is 3.11. The molecule has 17 heavy (non-hydrogen) atoms. The largest absolute Gasteiger partial charge is 0.389 e. The molecule has 0 amide bonds. The van der Waals surface area contributed by atoms with Crippen LogP contribution in [0.5, 0.6) is 0 Å². The van der Waals surface area contributed by atoms with Crippen molar-refractivity contribution in [2.75, 3.05) is 0 Å². The molecule has 0 bridgehead atoms. The first-order valence-corrected chi connectivity index (χ1v) is 5.77. The first-order valence-electron chi connectivity index (χ1n) is 5.77. The van der Waals surface area contributed by atoms with Crippen molar-refractivity contribution in [2.24, 2.45) is 0 Å². The predicted octanol–water partition coefficient (Wildman–Crippen LogP) is 3.61. The van der Waals surface area contributed by atoms with Crippen molar-refractivity contribution in [1.29, 1.82) is 0 Å². The van der Waals surface area contributed by atoms with Gasteiger partial charge in [0, 0.05) is 0 Å². The summed E-state index contributed by atoms with van der Waals surface area (Å²) >= 11 is 0. The molecular weight excluding hydrogens is 208 g/mol. The Labute approximate surface area is 102 Å². The zero-order valence-corrected chi connectivity index (χ0v) is 9.88. The van der Waals surface area contributed by atoms with E-state index < -0.39 is 6.10 Å². The maximum atomic E-state index is 9.86. The highest BCUT2D eigenvalue weighted by Gasteiger charge is 2.07. The molecule has 0 aliphatic carbocycles. The number of hydrogen-bond acceptors (Lipinski definition) is 1. The maximum absolute atomic E-state index is 9.86. The molecule has 0 heterocycles. The summed E-state index contributed by atoms with van der Waals surface area (Å²) in [5.74, 6) is 0. The van der Waals surface area contributed by atoms with Gasteiger partial charge in [-0.2, -0.15) is 0 Å². The van der Waals surface area contributed by atoms with Gasteiger partial charge in [-0.1, -0.05) is 60.7 Å². The van der Waals surface area contributed by atoms with Crippen LogP contribution in [0, 0.1) is 0 Å². The molecule has 2 aromatic carbocycles. The van der Waals surface area contributed by atoms with E-state index in [2.05, 4.69) is 0 Å². The third-order valence-electron chi connectivity index (χ3n) is 2.68. The second-order valence-electron chi connectivity index (χ2n) is 4.05. The standard InChI is InChI=1S/C16H16O/c1-13(17)16(15-10-6-3-7-11-15)12-14-8-4-2-5-9-14/h2-13,17H,1H3/b16-12-. The highest BCUT2D eigenvalue weighted by molar-refractivity contribution is 5.83. The smallest absolute Gasteiger partial charge is 0.0767 e. The number of hydrogen-bond donors (Lipinski definition) is 1. The number of aliphatic hydroxyl groups is 1. The van der Waals surface area contributed by atoms with Crippen LogP contribution >= 0.6 is 0 Å². The lowest BCUT2D eigenvalue weighted by atomic mass is 9.99. The average Bonchev–Trinajstić information content (AvgIpc) is 2.38. The average molecular weight is 224 g/mol. The molecule has 0 fully saturated rings. The molecule has 1 nitrogen and oxygen atoms in total. The van der Waals surface area contributed by atoms with E-state index in [4.69, 9.17) is 0 Å². The van der Waals surface area contributed by atoms with Crippen molar-refractivity contribution in [3.63, 3.8) is 0 Å². The quantitative estimate of drug-likeness (QED) is 0.790. The van der Waals surface area contributed by atoms with Crippen molar-refractivity contribution in [3.8, 4) is 0 Å². The normalized spacial score (nSPS) is 13.4. The van der Waals surface area contributed by atoms with E-state index in [1.165, 1.54) is 0 Å². The summed E-state index contributed by atoms with van der Waals surface area (Å²) in [6.45, 7) is 1.79. The van der Waals surface area contributed by atoms with Crippen molar-refractivity contribution in [1.82, 2.24) is 0 Å². The van der Waals surface area contributed by atoms with E-state index in [1.54, 1.807) is 6.92 Å². The van der Waals surface area contributed by atoms with Gasteiger partial charge < -0.3 is 5.11 Å². The Bertz CT molecular complexity index is 483. The Morgan fingerprint density at radius 2 is 1.47 bits per heavy atom. The van der Waals surface area contributed by atoms with Gasteiger partial charge in [-0.05, 0) is 29.7 Å². The maximum Gasteiger partial charge on any atom is 0.0767 e. The lowest BCUT2D eigenvalue weighted by molar-refractivity contribution is 0.254. The van der Waals surface area contributed by atoms with Gasteiger partial charge in [-0.15, -0.1) is 0 Å². The zero-order chi connectivity index (χ0) is 12.1. The SMILES string of the molecule is CC(O)/C(=C/c1ccccc1)c1ccccc1. The van der Waals surface area contributed by atoms with E-state index >= 15 is 0 Å². The van der Waals surface area contributed by atoms with Crippen LogP contribution in [0.3, 0.4) is 0 Å². The van der Waals surface area contributed by atoms with Gasteiger partial charge in [-0.3, -0.25) is 0 Å². The van der Waals surface area contributed by atoms with Crippen LogP contribution in [0.2, 0.25) is 0 Å². The monoisotopic (exact) mass is 224 g/mol. The zero-order valence-electron chi connectivity index (χ0n) is 9.88. The molecule has 0 aromatic heterocycles. The Balaban J connectivity index is 2.40. The fraction of sp³-hybridized carbons (Fsp3) is 0.125. The molecule has 2 rings (SSSR count). The molecule has 1 N–H and O–H groups in total. The highest BCUT2D eigenvalue weighted by Crippen LogP contribution is 2.21. The summed E-state index contributed by atoms with van der Waals surface area (Å²) in [6, 6.07) is 20.0. The van der Waals surface area contributed by atoms with Gasteiger partial charge in [-0.25, -0.2) is 0 Å². The Hall–Kier alpha value is -1.86. The van der Waals surface area contributed by atoms with Crippen LogP contribution in [0.25, 0.3) is 11.6 Å². The van der Waals surface area contributed by atoms with E-state index in [0.717, 1.165) is 16.7 Å². The molecular formula is C16H16O. The Morgan fingerprint density at radius 1 is 0.941 bits per heavy atom. The van der Waals surface area contributed by atoms with Crippen LogP contribution in [0.1, 0.15) is 18.1 Å². The highest BCUT2D eigenvalue weighted by atomic mass is 16.3. The molecule has 86 valence electrons. The predicted molar refractivity (Wildman–Crippen MR) is 72.4 cm³/mol. The van der Waals surface area contributed by atoms with Crippen molar-refractivity contribution in [2.45, 2.75) is 13.0 Å². The van der Waals surface area contributed by atoms with Crippen molar-refractivity contribution >= 4 is 11.6 Å². The first kappa shape index (κ1) is 11.6. The van der Waals surface area contributed by atoms with Gasteiger partial charge in [0.05, 0.1) is 6.10 Å². The van der Waals surface area contributed by atoms with Gasteiger partial charge in [0.2, 0.25) is 0 Å². The number of rotatable bonds is 3. The minimum absolute atomic E-state index is 0.474. The molecule has 0 saturated carbocycles. The topological polar surface area (TPSA) is 20.2 Å². The minimum atomic E-state index is -0.474. The van der Waals surface area contributed by atoms with Gasteiger partial charge >= 0.3 is 0 Å². The Morgan fingerprint density at radius 3 is 2.00 bits per heavy atom. The molecule has 1 heteroatoms. The van der Waals surface area contributed by atoms with E-state index in [-0.39, 0.29) is 0 Å². The summed E-state index contributed by atoms with van der Waals surface area (Å²) in [7, 11) is 0. The first-order chi connectivity index (χ1) is 8.27. The van der Waals surface area contributed by atoms with Gasteiger partial charge in [0.25, 0.3) is 0 Å². The lowest BCUT2D eigenvalue weighted by Gasteiger charge is -2.11.